The molecule has 1 unspecified atom stereocenters. The molecular weight excluding hydrogens is 278 g/mol. The van der Waals surface area contributed by atoms with Crippen LogP contribution in [0.2, 0.25) is 0 Å². The molecule has 0 aromatic heterocycles. The molecule has 1 atom stereocenters. The lowest BCUT2D eigenvalue weighted by molar-refractivity contribution is -0.00119. The van der Waals surface area contributed by atoms with Crippen molar-refractivity contribution < 1.29 is 14.2 Å². The summed E-state index contributed by atoms with van der Waals surface area (Å²) in [4.78, 5) is 0. The first kappa shape index (κ1) is 15.5. The third kappa shape index (κ3) is 2.76. The van der Waals surface area contributed by atoms with E-state index in [1.54, 1.807) is 0 Å². The first-order chi connectivity index (χ1) is 10.7. The highest BCUT2D eigenvalue weighted by molar-refractivity contribution is 5.58. The Morgan fingerprint density at radius 1 is 1.14 bits per heavy atom. The summed E-state index contributed by atoms with van der Waals surface area (Å²) < 4.78 is 18.1. The number of fused-ring (bicyclic) bond motifs is 1. The van der Waals surface area contributed by atoms with Gasteiger partial charge in [0.15, 0.2) is 11.5 Å². The molecule has 4 heteroatoms. The van der Waals surface area contributed by atoms with Gasteiger partial charge >= 0.3 is 0 Å². The number of hydrogen-bond donors (Lipinski definition) is 1. The average molecular weight is 305 g/mol. The number of benzene rings is 1. The zero-order chi connectivity index (χ0) is 15.6. The SMILES string of the molecule is CCOc1ccc2c(c1OCC)OC1(CCCCC1)CC2N. The van der Waals surface area contributed by atoms with E-state index < -0.39 is 0 Å². The lowest BCUT2D eigenvalue weighted by Crippen LogP contribution is -2.44. The molecule has 2 N–H and O–H groups in total. The van der Waals surface area contributed by atoms with Gasteiger partial charge in [-0.25, -0.2) is 0 Å². The lowest BCUT2D eigenvalue weighted by atomic mass is 9.77. The van der Waals surface area contributed by atoms with Crippen molar-refractivity contribution in [3.05, 3.63) is 17.7 Å². The van der Waals surface area contributed by atoms with Crippen LogP contribution >= 0.6 is 0 Å². The van der Waals surface area contributed by atoms with Crippen molar-refractivity contribution in [2.45, 2.75) is 64.0 Å². The molecule has 4 nitrogen and oxygen atoms in total. The Morgan fingerprint density at radius 3 is 2.55 bits per heavy atom. The number of rotatable bonds is 4. The van der Waals surface area contributed by atoms with Crippen LogP contribution in [0.25, 0.3) is 0 Å². The number of nitrogens with two attached hydrogens (primary N) is 1. The zero-order valence-electron chi connectivity index (χ0n) is 13.7. The van der Waals surface area contributed by atoms with E-state index >= 15 is 0 Å². The van der Waals surface area contributed by atoms with Crippen LogP contribution in [0.4, 0.5) is 0 Å². The van der Waals surface area contributed by atoms with E-state index in [1.807, 2.05) is 26.0 Å². The van der Waals surface area contributed by atoms with Gasteiger partial charge in [-0.15, -0.1) is 0 Å². The van der Waals surface area contributed by atoms with Crippen molar-refractivity contribution in [3.63, 3.8) is 0 Å². The fourth-order valence-corrected chi connectivity index (χ4v) is 3.78. The fraction of sp³-hybridized carbons (Fsp3) is 0.667. The number of ether oxygens (including phenoxy) is 3. The monoisotopic (exact) mass is 305 g/mol. The summed E-state index contributed by atoms with van der Waals surface area (Å²) in [7, 11) is 0. The Bertz CT molecular complexity index is 523. The maximum absolute atomic E-state index is 6.52. The molecule has 1 aliphatic carbocycles. The predicted octanol–water partition coefficient (Wildman–Crippen LogP) is 3.97. The third-order valence-corrected chi connectivity index (χ3v) is 4.77. The van der Waals surface area contributed by atoms with E-state index in [2.05, 4.69) is 0 Å². The highest BCUT2D eigenvalue weighted by Gasteiger charge is 2.42. The number of hydrogen-bond acceptors (Lipinski definition) is 4. The molecule has 3 rings (SSSR count). The summed E-state index contributed by atoms with van der Waals surface area (Å²) in [5.41, 5.74) is 7.40. The lowest BCUT2D eigenvalue weighted by Gasteiger charge is -2.44. The van der Waals surface area contributed by atoms with Crippen LogP contribution < -0.4 is 19.9 Å². The predicted molar refractivity (Wildman–Crippen MR) is 86.8 cm³/mol. The van der Waals surface area contributed by atoms with Crippen molar-refractivity contribution in [1.29, 1.82) is 0 Å². The average Bonchev–Trinajstić information content (AvgIpc) is 2.51. The molecule has 0 bridgehead atoms. The van der Waals surface area contributed by atoms with E-state index in [0.29, 0.717) is 13.2 Å². The summed E-state index contributed by atoms with van der Waals surface area (Å²) >= 11 is 0. The van der Waals surface area contributed by atoms with Crippen molar-refractivity contribution in [1.82, 2.24) is 0 Å². The van der Waals surface area contributed by atoms with Gasteiger partial charge in [0.25, 0.3) is 0 Å². The fourth-order valence-electron chi connectivity index (χ4n) is 3.78. The molecule has 1 aromatic carbocycles. The highest BCUT2D eigenvalue weighted by Crippen LogP contribution is 2.51. The van der Waals surface area contributed by atoms with Gasteiger partial charge in [0.1, 0.15) is 5.60 Å². The highest BCUT2D eigenvalue weighted by atomic mass is 16.6. The van der Waals surface area contributed by atoms with Crippen molar-refractivity contribution in [2.75, 3.05) is 13.2 Å². The van der Waals surface area contributed by atoms with Crippen LogP contribution in [-0.2, 0) is 0 Å². The molecule has 1 fully saturated rings. The van der Waals surface area contributed by atoms with Crippen molar-refractivity contribution in [2.24, 2.45) is 5.73 Å². The van der Waals surface area contributed by atoms with Crippen molar-refractivity contribution >= 4 is 0 Å². The summed E-state index contributed by atoms with van der Waals surface area (Å²) in [5, 5.41) is 0. The Morgan fingerprint density at radius 2 is 1.86 bits per heavy atom. The van der Waals surface area contributed by atoms with Gasteiger partial charge in [0, 0.05) is 18.0 Å². The Hall–Kier alpha value is -1.42. The Kier molecular flexibility index (Phi) is 4.48. The second kappa shape index (κ2) is 6.37. The minimum Gasteiger partial charge on any atom is -0.490 e. The van der Waals surface area contributed by atoms with Crippen molar-refractivity contribution in [3.8, 4) is 17.2 Å². The molecular formula is C18H27NO3. The normalized spacial score (nSPS) is 22.8. The van der Waals surface area contributed by atoms with Gasteiger partial charge < -0.3 is 19.9 Å². The molecule has 1 aliphatic heterocycles. The summed E-state index contributed by atoms with van der Waals surface area (Å²) in [6.07, 6.45) is 6.81. The largest absolute Gasteiger partial charge is 0.490 e. The molecule has 1 saturated carbocycles. The molecule has 0 saturated heterocycles. The van der Waals surface area contributed by atoms with E-state index in [4.69, 9.17) is 19.9 Å². The van der Waals surface area contributed by atoms with Gasteiger partial charge in [0.2, 0.25) is 5.75 Å². The molecule has 2 aliphatic rings. The summed E-state index contributed by atoms with van der Waals surface area (Å²) in [6, 6.07) is 4.00. The molecule has 1 heterocycles. The molecule has 0 radical (unpaired) electrons. The molecule has 1 spiro atoms. The maximum Gasteiger partial charge on any atom is 0.203 e. The van der Waals surface area contributed by atoms with E-state index in [-0.39, 0.29) is 11.6 Å². The molecule has 1 aromatic rings. The van der Waals surface area contributed by atoms with Gasteiger partial charge in [-0.05, 0) is 51.7 Å². The first-order valence-corrected chi connectivity index (χ1v) is 8.56. The van der Waals surface area contributed by atoms with Crippen LogP contribution in [-0.4, -0.2) is 18.8 Å². The van der Waals surface area contributed by atoms with Crippen LogP contribution in [0.15, 0.2) is 12.1 Å². The minimum absolute atomic E-state index is 0.0109. The van der Waals surface area contributed by atoms with Crippen LogP contribution in [0, 0.1) is 0 Å². The van der Waals surface area contributed by atoms with Crippen LogP contribution in [0.1, 0.15) is 64.0 Å². The Labute approximate surface area is 132 Å². The molecule has 122 valence electrons. The standard InChI is InChI=1S/C18H27NO3/c1-3-20-15-9-8-13-14(19)12-18(10-6-5-7-11-18)22-16(13)17(15)21-4-2/h8-9,14H,3-7,10-12,19H2,1-2H3. The van der Waals surface area contributed by atoms with Crippen LogP contribution in [0.3, 0.4) is 0 Å². The quantitative estimate of drug-likeness (QED) is 0.914. The summed E-state index contributed by atoms with van der Waals surface area (Å²) in [6.45, 7) is 5.15. The minimum atomic E-state index is -0.110. The smallest absolute Gasteiger partial charge is 0.203 e. The zero-order valence-corrected chi connectivity index (χ0v) is 13.7. The second-order valence-corrected chi connectivity index (χ2v) is 6.33. The van der Waals surface area contributed by atoms with Crippen LogP contribution in [0.5, 0.6) is 17.2 Å². The van der Waals surface area contributed by atoms with Gasteiger partial charge in [-0.1, -0.05) is 6.42 Å². The second-order valence-electron chi connectivity index (χ2n) is 6.33. The van der Waals surface area contributed by atoms with E-state index in [1.165, 1.54) is 19.3 Å². The Balaban J connectivity index is 2.01. The summed E-state index contributed by atoms with van der Waals surface area (Å²) in [5.74, 6) is 2.29. The van der Waals surface area contributed by atoms with Gasteiger partial charge in [0.05, 0.1) is 13.2 Å². The van der Waals surface area contributed by atoms with Gasteiger partial charge in [-0.3, -0.25) is 0 Å². The molecule has 22 heavy (non-hydrogen) atoms. The maximum atomic E-state index is 6.52. The van der Waals surface area contributed by atoms with E-state index in [9.17, 15) is 0 Å². The topological polar surface area (TPSA) is 53.7 Å². The van der Waals surface area contributed by atoms with Gasteiger partial charge in [-0.2, -0.15) is 0 Å². The van der Waals surface area contributed by atoms with E-state index in [0.717, 1.165) is 42.1 Å². The molecule has 0 amide bonds. The third-order valence-electron chi connectivity index (χ3n) is 4.77. The first-order valence-electron chi connectivity index (χ1n) is 8.56.